The highest BCUT2D eigenvalue weighted by Crippen LogP contribution is 2.41. The molecule has 0 aliphatic rings. The molecule has 5 heteroatoms. The topological polar surface area (TPSA) is 56.8 Å². The van der Waals surface area contributed by atoms with Crippen LogP contribution in [0.25, 0.3) is 10.8 Å². The van der Waals surface area contributed by atoms with Gasteiger partial charge in [-0.3, -0.25) is 0 Å². The first-order valence-electron chi connectivity index (χ1n) is 9.48. The van der Waals surface area contributed by atoms with Crippen LogP contribution in [-0.4, -0.2) is 25.9 Å². The highest BCUT2D eigenvalue weighted by atomic mass is 16.6. The summed E-state index contributed by atoms with van der Waals surface area (Å²) in [5.41, 5.74) is 0. The van der Waals surface area contributed by atoms with Crippen LogP contribution in [0.3, 0.4) is 0 Å². The molecular weight excluding hydrogens is 330 g/mol. The van der Waals surface area contributed by atoms with Crippen LogP contribution in [0.4, 0.5) is 4.79 Å². The SMILES string of the molecule is CCCCNC(=O)Oc1cc(OCCC)c(OCCC)c2ccccc12. The summed E-state index contributed by atoms with van der Waals surface area (Å²) in [6.07, 6.45) is 3.27. The van der Waals surface area contributed by atoms with Gasteiger partial charge in [-0.15, -0.1) is 0 Å². The molecule has 26 heavy (non-hydrogen) atoms. The summed E-state index contributed by atoms with van der Waals surface area (Å²) in [5, 5.41) is 4.48. The number of carbonyl (C=O) groups is 1. The Bertz CT molecular complexity index is 714. The number of carbonyl (C=O) groups excluding carboxylic acids is 1. The maximum Gasteiger partial charge on any atom is 0.412 e. The number of unbranched alkanes of at least 4 members (excludes halogenated alkanes) is 1. The number of benzene rings is 2. The molecule has 142 valence electrons. The van der Waals surface area contributed by atoms with Crippen LogP contribution in [0, 0.1) is 0 Å². The van der Waals surface area contributed by atoms with Gasteiger partial charge in [0.1, 0.15) is 5.75 Å². The summed E-state index contributed by atoms with van der Waals surface area (Å²) in [7, 11) is 0. The van der Waals surface area contributed by atoms with Gasteiger partial charge >= 0.3 is 6.09 Å². The van der Waals surface area contributed by atoms with Gasteiger partial charge in [0.25, 0.3) is 0 Å². The van der Waals surface area contributed by atoms with Crippen LogP contribution in [-0.2, 0) is 0 Å². The lowest BCUT2D eigenvalue weighted by Crippen LogP contribution is -2.27. The average molecular weight is 359 g/mol. The normalized spacial score (nSPS) is 10.6. The molecule has 5 nitrogen and oxygen atoms in total. The van der Waals surface area contributed by atoms with Crippen molar-refractivity contribution in [3.05, 3.63) is 30.3 Å². The van der Waals surface area contributed by atoms with Crippen LogP contribution in [0.5, 0.6) is 17.2 Å². The lowest BCUT2D eigenvalue weighted by atomic mass is 10.1. The van der Waals surface area contributed by atoms with E-state index in [4.69, 9.17) is 14.2 Å². The Labute approximate surface area is 155 Å². The third-order valence-corrected chi connectivity index (χ3v) is 3.84. The molecule has 2 aromatic carbocycles. The van der Waals surface area contributed by atoms with E-state index < -0.39 is 6.09 Å². The molecule has 0 fully saturated rings. The van der Waals surface area contributed by atoms with E-state index in [1.165, 1.54) is 0 Å². The Morgan fingerprint density at radius 1 is 0.923 bits per heavy atom. The van der Waals surface area contributed by atoms with Crippen LogP contribution in [0.1, 0.15) is 46.5 Å². The van der Waals surface area contributed by atoms with Crippen LogP contribution in [0.2, 0.25) is 0 Å². The van der Waals surface area contributed by atoms with Crippen molar-refractivity contribution in [2.24, 2.45) is 0 Å². The summed E-state index contributed by atoms with van der Waals surface area (Å²) in [6.45, 7) is 7.96. The molecule has 2 rings (SSSR count). The fraction of sp³-hybridized carbons (Fsp3) is 0.476. The van der Waals surface area contributed by atoms with E-state index in [0.717, 1.165) is 36.5 Å². The maximum atomic E-state index is 12.1. The van der Waals surface area contributed by atoms with E-state index in [9.17, 15) is 4.79 Å². The first-order chi connectivity index (χ1) is 12.7. The zero-order valence-electron chi connectivity index (χ0n) is 16.0. The minimum atomic E-state index is -0.452. The van der Waals surface area contributed by atoms with Crippen LogP contribution in [0.15, 0.2) is 30.3 Å². The predicted octanol–water partition coefficient (Wildman–Crippen LogP) is 5.31. The van der Waals surface area contributed by atoms with E-state index in [1.807, 2.05) is 31.2 Å². The minimum absolute atomic E-state index is 0.452. The Kier molecular flexibility index (Phi) is 8.06. The van der Waals surface area contributed by atoms with Crippen molar-refractivity contribution in [2.45, 2.75) is 46.5 Å². The van der Waals surface area contributed by atoms with Gasteiger partial charge in [0.15, 0.2) is 11.5 Å². The van der Waals surface area contributed by atoms with E-state index in [1.54, 1.807) is 6.07 Å². The van der Waals surface area contributed by atoms with Gasteiger partial charge in [-0.05, 0) is 19.3 Å². The summed E-state index contributed by atoms with van der Waals surface area (Å²) in [6, 6.07) is 9.49. The van der Waals surface area contributed by atoms with Gasteiger partial charge in [-0.25, -0.2) is 4.79 Å². The van der Waals surface area contributed by atoms with Crippen molar-refractivity contribution in [2.75, 3.05) is 19.8 Å². The van der Waals surface area contributed by atoms with Crippen LogP contribution < -0.4 is 19.5 Å². The standard InChI is InChI=1S/C21H29NO4/c1-4-7-12-22-21(23)26-18-15-19(24-13-5-2)20(25-14-6-3)17-11-9-8-10-16(17)18/h8-11,15H,4-7,12-14H2,1-3H3,(H,22,23). The second kappa shape index (κ2) is 10.5. The number of fused-ring (bicyclic) bond motifs is 1. The number of ether oxygens (including phenoxy) is 3. The van der Waals surface area contributed by atoms with Gasteiger partial charge < -0.3 is 19.5 Å². The zero-order valence-corrected chi connectivity index (χ0v) is 16.0. The van der Waals surface area contributed by atoms with Crippen molar-refractivity contribution in [3.8, 4) is 17.2 Å². The molecule has 0 unspecified atom stereocenters. The fourth-order valence-electron chi connectivity index (χ4n) is 2.55. The molecule has 1 N–H and O–H groups in total. The van der Waals surface area contributed by atoms with Crippen LogP contribution >= 0.6 is 0 Å². The number of hydrogen-bond acceptors (Lipinski definition) is 4. The summed E-state index contributed by atoms with van der Waals surface area (Å²) in [5.74, 6) is 1.79. The summed E-state index contributed by atoms with van der Waals surface area (Å²) < 4.78 is 17.4. The van der Waals surface area contributed by atoms with Gasteiger partial charge in [-0.1, -0.05) is 51.5 Å². The zero-order chi connectivity index (χ0) is 18.8. The molecular formula is C21H29NO4. The second-order valence-electron chi connectivity index (χ2n) is 6.11. The van der Waals surface area contributed by atoms with E-state index in [-0.39, 0.29) is 0 Å². The van der Waals surface area contributed by atoms with Gasteiger partial charge in [0.05, 0.1) is 13.2 Å². The Balaban J connectivity index is 2.37. The average Bonchev–Trinajstić information content (AvgIpc) is 2.66. The van der Waals surface area contributed by atoms with Crippen molar-refractivity contribution >= 4 is 16.9 Å². The van der Waals surface area contributed by atoms with E-state index in [2.05, 4.69) is 19.2 Å². The van der Waals surface area contributed by atoms with Crippen molar-refractivity contribution in [1.29, 1.82) is 0 Å². The largest absolute Gasteiger partial charge is 0.490 e. The lowest BCUT2D eigenvalue weighted by molar-refractivity contribution is 0.200. The first kappa shape index (κ1) is 19.9. The lowest BCUT2D eigenvalue weighted by Gasteiger charge is -2.17. The highest BCUT2D eigenvalue weighted by Gasteiger charge is 2.17. The molecule has 0 heterocycles. The van der Waals surface area contributed by atoms with Crippen molar-refractivity contribution in [1.82, 2.24) is 5.32 Å². The highest BCUT2D eigenvalue weighted by molar-refractivity contribution is 5.96. The van der Waals surface area contributed by atoms with E-state index >= 15 is 0 Å². The molecule has 0 radical (unpaired) electrons. The Hall–Kier alpha value is -2.43. The molecule has 0 atom stereocenters. The predicted molar refractivity (Wildman–Crippen MR) is 104 cm³/mol. The quantitative estimate of drug-likeness (QED) is 0.584. The Morgan fingerprint density at radius 2 is 1.62 bits per heavy atom. The fourth-order valence-corrected chi connectivity index (χ4v) is 2.55. The molecule has 1 amide bonds. The van der Waals surface area contributed by atoms with Crippen molar-refractivity contribution < 1.29 is 19.0 Å². The third kappa shape index (κ3) is 5.28. The number of amides is 1. The maximum absolute atomic E-state index is 12.1. The first-order valence-corrected chi connectivity index (χ1v) is 9.48. The molecule has 0 bridgehead atoms. The number of rotatable bonds is 10. The smallest absolute Gasteiger partial charge is 0.412 e. The summed E-state index contributed by atoms with van der Waals surface area (Å²) in [4.78, 5) is 12.1. The molecule has 0 saturated carbocycles. The number of nitrogens with one attached hydrogen (secondary N) is 1. The summed E-state index contributed by atoms with van der Waals surface area (Å²) >= 11 is 0. The molecule has 0 aromatic heterocycles. The molecule has 0 spiro atoms. The molecule has 0 saturated heterocycles. The van der Waals surface area contributed by atoms with E-state index in [0.29, 0.717) is 37.0 Å². The third-order valence-electron chi connectivity index (χ3n) is 3.84. The van der Waals surface area contributed by atoms with Crippen molar-refractivity contribution in [3.63, 3.8) is 0 Å². The molecule has 0 aliphatic heterocycles. The number of hydrogen-bond donors (Lipinski definition) is 1. The monoisotopic (exact) mass is 359 g/mol. The van der Waals surface area contributed by atoms with Gasteiger partial charge in [0, 0.05) is 23.4 Å². The minimum Gasteiger partial charge on any atom is -0.490 e. The second-order valence-corrected chi connectivity index (χ2v) is 6.11. The molecule has 0 aliphatic carbocycles. The van der Waals surface area contributed by atoms with Gasteiger partial charge in [0.2, 0.25) is 0 Å². The van der Waals surface area contributed by atoms with Gasteiger partial charge in [-0.2, -0.15) is 0 Å². The molecule has 2 aromatic rings. The Morgan fingerprint density at radius 3 is 2.31 bits per heavy atom.